The third-order valence-corrected chi connectivity index (χ3v) is 17.7. The van der Waals surface area contributed by atoms with Crippen LogP contribution in [0.4, 0.5) is 0 Å². The van der Waals surface area contributed by atoms with E-state index in [0.717, 1.165) is 137 Å². The maximum Gasteiger partial charge on any atom is 0.160 e. The molecule has 16 aromatic rings. The van der Waals surface area contributed by atoms with Crippen LogP contribution in [0.3, 0.4) is 0 Å². The summed E-state index contributed by atoms with van der Waals surface area (Å²) in [6.07, 6.45) is 25.4. The van der Waals surface area contributed by atoms with E-state index < -0.39 is 0 Å². The van der Waals surface area contributed by atoms with Crippen LogP contribution in [-0.2, 0) is 26.2 Å². The van der Waals surface area contributed by atoms with E-state index in [1.54, 1.807) is 37.2 Å². The monoisotopic (exact) mass is 1620 g/mol. The van der Waals surface area contributed by atoms with Crippen LogP contribution in [0, 0.1) is 13.8 Å². The maximum atomic E-state index is 5.65. The normalized spacial score (nSPS) is 10.7. The molecule has 4 N–H and O–H groups in total. The van der Waals surface area contributed by atoms with E-state index in [-0.39, 0.29) is 59.4 Å². The topological polar surface area (TPSA) is 304 Å². The van der Waals surface area contributed by atoms with Gasteiger partial charge in [-0.1, -0.05) is 59.4 Å². The summed E-state index contributed by atoms with van der Waals surface area (Å²) in [6, 6.07) is 26.5. The van der Waals surface area contributed by atoms with Crippen LogP contribution in [0.15, 0.2) is 160 Å². The highest BCUT2D eigenvalue weighted by molar-refractivity contribution is 5.78. The van der Waals surface area contributed by atoms with Gasteiger partial charge in [-0.05, 0) is 226 Å². The number of hydrogen-bond acceptors (Lipinski definition) is 20. The summed E-state index contributed by atoms with van der Waals surface area (Å²) in [4.78, 5) is 73.6. The molecule has 0 aliphatic rings. The standard InChI is InChI=1S/2C12H18N4.2C10H14N4.2C10H13N3.2C9H11N3.8CH4/c1-9(2)16-11-7-13-6-5-10(11)14-12(16)8-15(3)4;1-9(2)16-11(8-15(3)4)14-10-6-5-7-13-12(10)16;1-7(2)14-9-6-12-4-3-8(9)13-10(14)5-11;1-7(2)14-9(6-11)13-8-4-3-5-12-10(8)14;1-7(2)13-8(3)12-9-4-5-11-6-10(9)13;1-7(2)13-8(3)12-9-5-4-6-11-10(9)13;1-7(2)12-6-11-8-3-4-10-5-9(8)12;1-7(2)12-6-11-8-4-3-5-10-9(8)12;;;;;;;;/h2*5-7,9H,8H2,1-4H3;3-4,6-7H,5,11H2,1-2H3;3-5,7H,6,11H2,1-2H3;2*4-7H,1-3H3;2*3-7H,1-2H3;8*1H4. The minimum absolute atomic E-state index is 0. The van der Waals surface area contributed by atoms with Crippen LogP contribution in [0.25, 0.3) is 88.8 Å². The van der Waals surface area contributed by atoms with E-state index in [0.29, 0.717) is 61.4 Å². The molecule has 0 aliphatic carbocycles. The van der Waals surface area contributed by atoms with E-state index in [1.807, 2.05) is 136 Å². The van der Waals surface area contributed by atoms with Gasteiger partial charge in [0.15, 0.2) is 22.6 Å². The molecule has 0 saturated heterocycles. The number of aromatic nitrogens is 24. The summed E-state index contributed by atoms with van der Waals surface area (Å²) in [5.74, 6) is 6.08. The number of imidazole rings is 8. The van der Waals surface area contributed by atoms with Gasteiger partial charge in [0.25, 0.3) is 0 Å². The lowest BCUT2D eigenvalue weighted by Gasteiger charge is -2.15. The van der Waals surface area contributed by atoms with Crippen LogP contribution in [-0.4, -0.2) is 154 Å². The number of pyridine rings is 8. The summed E-state index contributed by atoms with van der Waals surface area (Å²) >= 11 is 0. The Balaban J connectivity index is 0.000000669. The quantitative estimate of drug-likeness (QED) is 0.102. The van der Waals surface area contributed by atoms with Gasteiger partial charge >= 0.3 is 0 Å². The third kappa shape index (κ3) is 25.4. The zero-order valence-corrected chi connectivity index (χ0v) is 68.2. The van der Waals surface area contributed by atoms with Gasteiger partial charge in [-0.15, -0.1) is 0 Å². The van der Waals surface area contributed by atoms with Crippen molar-refractivity contribution < 1.29 is 0 Å². The second-order valence-corrected chi connectivity index (χ2v) is 29.4. The molecule has 0 atom stereocenters. The average molecular weight is 1620 g/mol. The number of nitrogens with two attached hydrogens (primary N) is 2. The first-order valence-electron chi connectivity index (χ1n) is 37.7. The molecular formula is C90H144N28. The average Bonchev–Trinajstić information content (AvgIpc) is 1.67. The number of hydrogen-bond donors (Lipinski definition) is 2. The first kappa shape index (κ1) is 105. The van der Waals surface area contributed by atoms with Crippen molar-refractivity contribution in [3.8, 4) is 0 Å². The molecule has 118 heavy (non-hydrogen) atoms. The lowest BCUT2D eigenvalue weighted by atomic mass is 10.3. The summed E-state index contributed by atoms with van der Waals surface area (Å²) in [5.41, 5.74) is 27.4. The molecule has 0 spiro atoms. The van der Waals surface area contributed by atoms with Crippen molar-refractivity contribution in [3.05, 3.63) is 195 Å². The number of fused-ring (bicyclic) bond motifs is 8. The second-order valence-electron chi connectivity index (χ2n) is 29.4. The van der Waals surface area contributed by atoms with Crippen LogP contribution in [0.5, 0.6) is 0 Å². The van der Waals surface area contributed by atoms with Crippen molar-refractivity contribution in [2.24, 2.45) is 11.5 Å². The van der Waals surface area contributed by atoms with Gasteiger partial charge in [0.05, 0.1) is 108 Å². The number of rotatable bonds is 14. The molecule has 16 aromatic heterocycles. The van der Waals surface area contributed by atoms with Gasteiger partial charge in [-0.2, -0.15) is 0 Å². The fourth-order valence-electron chi connectivity index (χ4n) is 13.2. The lowest BCUT2D eigenvalue weighted by Crippen LogP contribution is -2.16. The highest BCUT2D eigenvalue weighted by Gasteiger charge is 2.18. The van der Waals surface area contributed by atoms with E-state index >= 15 is 0 Å². The Kier molecular flexibility index (Phi) is 43.1. The van der Waals surface area contributed by atoms with E-state index in [1.165, 1.54) is 0 Å². The third-order valence-electron chi connectivity index (χ3n) is 17.7. The molecule has 0 unspecified atom stereocenters. The lowest BCUT2D eigenvalue weighted by molar-refractivity contribution is 0.376. The molecule has 28 nitrogen and oxygen atoms in total. The zero-order valence-electron chi connectivity index (χ0n) is 68.2. The van der Waals surface area contributed by atoms with Gasteiger partial charge in [0.1, 0.15) is 57.0 Å². The Labute approximate surface area is 704 Å². The van der Waals surface area contributed by atoms with Gasteiger partial charge in [0, 0.05) is 97.9 Å². The van der Waals surface area contributed by atoms with Gasteiger partial charge < -0.3 is 57.8 Å². The highest BCUT2D eigenvalue weighted by Crippen LogP contribution is 2.26. The molecule has 644 valence electrons. The van der Waals surface area contributed by atoms with Crippen LogP contribution >= 0.6 is 0 Å². The fraction of sp³-hybridized carbons (Fsp3) is 0.467. The molecule has 0 bridgehead atoms. The molecule has 0 aromatic carbocycles. The predicted octanol–water partition coefficient (Wildman–Crippen LogP) is 20.8. The Morgan fingerprint density at radius 3 is 0.983 bits per heavy atom. The van der Waals surface area contributed by atoms with E-state index in [2.05, 4.69) is 265 Å². The Morgan fingerprint density at radius 2 is 0.568 bits per heavy atom. The van der Waals surface area contributed by atoms with Crippen LogP contribution in [0.1, 0.15) is 253 Å². The summed E-state index contributed by atoms with van der Waals surface area (Å²) in [7, 11) is 8.22. The molecular weight excluding hydrogens is 1470 g/mol. The van der Waals surface area contributed by atoms with Gasteiger partial charge in [-0.3, -0.25) is 19.9 Å². The van der Waals surface area contributed by atoms with Crippen molar-refractivity contribution in [1.29, 1.82) is 0 Å². The largest absolute Gasteiger partial charge is 0.327 e. The Hall–Kier alpha value is -11.2. The Morgan fingerprint density at radius 1 is 0.280 bits per heavy atom. The molecule has 0 saturated carbocycles. The predicted molar refractivity (Wildman–Crippen MR) is 497 cm³/mol. The summed E-state index contributed by atoms with van der Waals surface area (Å²) < 4.78 is 17.2. The molecule has 28 heteroatoms. The van der Waals surface area contributed by atoms with Crippen molar-refractivity contribution in [2.45, 2.75) is 259 Å². The van der Waals surface area contributed by atoms with E-state index in [4.69, 9.17) is 11.5 Å². The molecule has 16 rings (SSSR count). The molecule has 16 heterocycles. The Bertz CT molecular complexity index is 5200. The van der Waals surface area contributed by atoms with Gasteiger partial charge in [-0.25, -0.2) is 59.8 Å². The van der Waals surface area contributed by atoms with Crippen molar-refractivity contribution >= 4 is 88.8 Å². The van der Waals surface area contributed by atoms with Gasteiger partial charge in [0.2, 0.25) is 0 Å². The van der Waals surface area contributed by atoms with Crippen molar-refractivity contribution in [2.75, 3.05) is 28.2 Å². The second kappa shape index (κ2) is 48.5. The molecule has 0 radical (unpaired) electrons. The van der Waals surface area contributed by atoms with E-state index in [9.17, 15) is 0 Å². The van der Waals surface area contributed by atoms with Crippen molar-refractivity contribution in [3.63, 3.8) is 0 Å². The smallest absolute Gasteiger partial charge is 0.160 e. The minimum atomic E-state index is 0. The SMILES string of the molecule is C.C.C.C.C.C.C.C.CC(C)n1c(CN(C)C)nc2cccnc21.CC(C)n1c(CN(C)C)nc2ccncc21.CC(C)n1c(CN)nc2cccnc21.CC(C)n1c(CN)nc2ccncc21.CC(C)n1cnc2cccnc21.CC(C)n1cnc2ccncc21.Cc1nc2cccnc2n1C(C)C.Cc1nc2ccncc2n1C(C)C. The molecule has 0 fully saturated rings. The number of nitrogens with zero attached hydrogens (tertiary/aromatic N) is 26. The van der Waals surface area contributed by atoms with Crippen LogP contribution in [0.2, 0.25) is 0 Å². The number of aryl methyl sites for hydroxylation is 2. The summed E-state index contributed by atoms with van der Waals surface area (Å²) in [5, 5.41) is 0. The highest BCUT2D eigenvalue weighted by atomic mass is 15.2. The van der Waals surface area contributed by atoms with Crippen LogP contribution < -0.4 is 11.5 Å². The molecule has 0 aliphatic heterocycles. The fourth-order valence-corrected chi connectivity index (χ4v) is 13.2. The van der Waals surface area contributed by atoms with Crippen molar-refractivity contribution in [1.82, 2.24) is 126 Å². The maximum absolute atomic E-state index is 5.65. The first-order valence-corrected chi connectivity index (χ1v) is 37.7. The first-order chi connectivity index (χ1) is 52.6. The zero-order chi connectivity index (χ0) is 79.6. The summed E-state index contributed by atoms with van der Waals surface area (Å²) in [6.45, 7) is 40.9. The minimum Gasteiger partial charge on any atom is -0.327 e. The molecule has 0 amide bonds.